The summed E-state index contributed by atoms with van der Waals surface area (Å²) >= 11 is 5.99. The van der Waals surface area contributed by atoms with Crippen LogP contribution in [-0.2, 0) is 10.0 Å². The summed E-state index contributed by atoms with van der Waals surface area (Å²) in [6.07, 6.45) is 1.88. The van der Waals surface area contributed by atoms with Gasteiger partial charge in [-0.1, -0.05) is 17.7 Å². The van der Waals surface area contributed by atoms with Gasteiger partial charge in [0.15, 0.2) is 0 Å². The van der Waals surface area contributed by atoms with E-state index in [4.69, 9.17) is 16.7 Å². The molecule has 0 radical (unpaired) electrons. The summed E-state index contributed by atoms with van der Waals surface area (Å²) in [6.45, 7) is 2.36. The Labute approximate surface area is 117 Å². The van der Waals surface area contributed by atoms with E-state index in [0.717, 1.165) is 12.8 Å². The number of hydrogen-bond acceptors (Lipinski definition) is 3. The lowest BCUT2D eigenvalue weighted by Gasteiger charge is -2.22. The highest BCUT2D eigenvalue weighted by atomic mass is 35.5. The second-order valence-electron chi connectivity index (χ2n) is 4.48. The van der Waals surface area contributed by atoms with E-state index in [9.17, 15) is 13.2 Å². The molecular weight excluding hydrogens is 288 g/mol. The average Bonchev–Trinajstić information content (AvgIpc) is 3.12. The van der Waals surface area contributed by atoms with E-state index in [1.54, 1.807) is 4.90 Å². The molecule has 0 aliphatic heterocycles. The van der Waals surface area contributed by atoms with E-state index >= 15 is 0 Å². The standard InChI is InChI=1S/C12H15ClN2O3S/c1-2-15(8-6-7-8)12(16)11-9(13)4-3-5-10(11)19(14,17)18/h3-5,8H,2,6-7H2,1H3,(H2,14,17,18). The second kappa shape index (κ2) is 5.11. The van der Waals surface area contributed by atoms with Crippen LogP contribution < -0.4 is 5.14 Å². The molecule has 2 N–H and O–H groups in total. The molecule has 1 aromatic carbocycles. The Morgan fingerprint density at radius 1 is 1.47 bits per heavy atom. The third-order valence-electron chi connectivity index (χ3n) is 3.08. The summed E-state index contributed by atoms with van der Waals surface area (Å²) in [5.74, 6) is -0.375. The summed E-state index contributed by atoms with van der Waals surface area (Å²) in [7, 11) is -3.98. The van der Waals surface area contributed by atoms with Crippen LogP contribution in [0.1, 0.15) is 30.1 Å². The largest absolute Gasteiger partial charge is 0.336 e. The number of nitrogens with two attached hydrogens (primary N) is 1. The second-order valence-corrected chi connectivity index (χ2v) is 6.42. The van der Waals surface area contributed by atoms with Crippen molar-refractivity contribution >= 4 is 27.5 Å². The lowest BCUT2D eigenvalue weighted by molar-refractivity contribution is 0.0749. The third-order valence-corrected chi connectivity index (χ3v) is 4.35. The molecule has 1 aromatic rings. The fourth-order valence-electron chi connectivity index (χ4n) is 2.05. The van der Waals surface area contributed by atoms with Gasteiger partial charge in [-0.05, 0) is 31.9 Å². The molecule has 19 heavy (non-hydrogen) atoms. The highest BCUT2D eigenvalue weighted by Gasteiger charge is 2.34. The maximum absolute atomic E-state index is 12.5. The molecule has 0 bridgehead atoms. The van der Waals surface area contributed by atoms with Crippen molar-refractivity contribution in [2.75, 3.05) is 6.54 Å². The Morgan fingerprint density at radius 2 is 2.11 bits per heavy atom. The molecule has 1 aliphatic carbocycles. The van der Waals surface area contributed by atoms with Gasteiger partial charge in [-0.15, -0.1) is 0 Å². The molecule has 1 fully saturated rings. The number of carbonyl (C=O) groups is 1. The van der Waals surface area contributed by atoms with Crippen LogP contribution in [0.3, 0.4) is 0 Å². The Bertz CT molecular complexity index is 611. The molecule has 0 unspecified atom stereocenters. The predicted molar refractivity (Wildman–Crippen MR) is 72.6 cm³/mol. The van der Waals surface area contributed by atoms with Gasteiger partial charge in [0.1, 0.15) is 0 Å². The molecule has 7 heteroatoms. The first-order chi connectivity index (χ1) is 8.86. The van der Waals surface area contributed by atoms with Crippen molar-refractivity contribution in [2.45, 2.75) is 30.7 Å². The zero-order valence-corrected chi connectivity index (χ0v) is 12.0. The van der Waals surface area contributed by atoms with Gasteiger partial charge in [-0.3, -0.25) is 4.79 Å². The first-order valence-electron chi connectivity index (χ1n) is 5.98. The fourth-order valence-corrected chi connectivity index (χ4v) is 3.11. The minimum absolute atomic E-state index is 0.0274. The third kappa shape index (κ3) is 2.91. The Morgan fingerprint density at radius 3 is 2.58 bits per heavy atom. The van der Waals surface area contributed by atoms with Crippen LogP contribution >= 0.6 is 11.6 Å². The predicted octanol–water partition coefficient (Wildman–Crippen LogP) is 1.61. The summed E-state index contributed by atoms with van der Waals surface area (Å²) in [5, 5.41) is 5.25. The van der Waals surface area contributed by atoms with Crippen molar-refractivity contribution in [3.63, 3.8) is 0 Å². The van der Waals surface area contributed by atoms with Crippen LogP contribution in [0, 0.1) is 0 Å². The number of halogens is 1. The molecule has 5 nitrogen and oxygen atoms in total. The van der Waals surface area contributed by atoms with Gasteiger partial charge in [0.05, 0.1) is 15.5 Å². The number of hydrogen-bond donors (Lipinski definition) is 1. The van der Waals surface area contributed by atoms with Gasteiger partial charge >= 0.3 is 0 Å². The number of primary sulfonamides is 1. The van der Waals surface area contributed by atoms with Crippen LogP contribution in [0.4, 0.5) is 0 Å². The molecule has 0 aromatic heterocycles. The number of rotatable bonds is 4. The SMILES string of the molecule is CCN(C(=O)c1c(Cl)cccc1S(N)(=O)=O)C1CC1. The lowest BCUT2D eigenvalue weighted by Crippen LogP contribution is -2.34. The zero-order chi connectivity index (χ0) is 14.2. The molecule has 1 saturated carbocycles. The Balaban J connectivity index is 2.52. The number of sulfonamides is 1. The fraction of sp³-hybridized carbons (Fsp3) is 0.417. The molecule has 1 aliphatic rings. The summed E-state index contributed by atoms with van der Waals surface area (Å²) < 4.78 is 23.1. The van der Waals surface area contributed by atoms with Crippen molar-refractivity contribution < 1.29 is 13.2 Å². The monoisotopic (exact) mass is 302 g/mol. The van der Waals surface area contributed by atoms with Crippen molar-refractivity contribution in [3.8, 4) is 0 Å². The molecule has 0 spiro atoms. The number of benzene rings is 1. The molecular formula is C12H15ClN2O3S. The first-order valence-corrected chi connectivity index (χ1v) is 7.91. The van der Waals surface area contributed by atoms with Crippen LogP contribution in [-0.4, -0.2) is 31.8 Å². The molecule has 0 saturated heterocycles. The van der Waals surface area contributed by atoms with Crippen LogP contribution in [0.5, 0.6) is 0 Å². The number of nitrogens with zero attached hydrogens (tertiary/aromatic N) is 1. The maximum Gasteiger partial charge on any atom is 0.256 e. The molecule has 2 rings (SSSR count). The smallest absolute Gasteiger partial charge is 0.256 e. The number of carbonyl (C=O) groups excluding carboxylic acids is 1. The molecule has 0 atom stereocenters. The Kier molecular flexibility index (Phi) is 3.85. The summed E-state index contributed by atoms with van der Waals surface area (Å²) in [4.78, 5) is 13.9. The average molecular weight is 303 g/mol. The van der Waals surface area contributed by atoms with Gasteiger partial charge in [0.2, 0.25) is 10.0 Å². The summed E-state index contributed by atoms with van der Waals surface area (Å²) in [6, 6.07) is 4.44. The normalized spacial score (nSPS) is 15.3. The lowest BCUT2D eigenvalue weighted by atomic mass is 10.2. The van der Waals surface area contributed by atoms with E-state index in [0.29, 0.717) is 6.54 Å². The van der Waals surface area contributed by atoms with Gasteiger partial charge in [-0.25, -0.2) is 13.6 Å². The van der Waals surface area contributed by atoms with Crippen molar-refractivity contribution in [1.29, 1.82) is 0 Å². The zero-order valence-electron chi connectivity index (χ0n) is 10.5. The summed E-state index contributed by atoms with van der Waals surface area (Å²) in [5.41, 5.74) is -0.0274. The van der Waals surface area contributed by atoms with Crippen molar-refractivity contribution in [3.05, 3.63) is 28.8 Å². The van der Waals surface area contributed by atoms with Gasteiger partial charge in [0.25, 0.3) is 5.91 Å². The number of amides is 1. The van der Waals surface area contributed by atoms with Gasteiger partial charge in [-0.2, -0.15) is 0 Å². The Hall–Kier alpha value is -1.11. The van der Waals surface area contributed by atoms with Crippen LogP contribution in [0.2, 0.25) is 5.02 Å². The van der Waals surface area contributed by atoms with E-state index in [1.165, 1.54) is 18.2 Å². The maximum atomic E-state index is 12.5. The van der Waals surface area contributed by atoms with Gasteiger partial charge < -0.3 is 4.90 Å². The minimum atomic E-state index is -3.98. The topological polar surface area (TPSA) is 80.5 Å². The van der Waals surface area contributed by atoms with Crippen molar-refractivity contribution in [2.24, 2.45) is 5.14 Å². The highest BCUT2D eigenvalue weighted by molar-refractivity contribution is 7.89. The van der Waals surface area contributed by atoms with E-state index in [2.05, 4.69) is 0 Å². The highest BCUT2D eigenvalue weighted by Crippen LogP contribution is 2.31. The van der Waals surface area contributed by atoms with E-state index in [-0.39, 0.29) is 27.4 Å². The molecule has 0 heterocycles. The van der Waals surface area contributed by atoms with E-state index < -0.39 is 10.0 Å². The van der Waals surface area contributed by atoms with E-state index in [1.807, 2.05) is 6.92 Å². The molecule has 1 amide bonds. The minimum Gasteiger partial charge on any atom is -0.336 e. The molecule has 104 valence electrons. The first kappa shape index (κ1) is 14.3. The quantitative estimate of drug-likeness (QED) is 0.917. The van der Waals surface area contributed by atoms with Crippen LogP contribution in [0.25, 0.3) is 0 Å². The van der Waals surface area contributed by atoms with Gasteiger partial charge in [0, 0.05) is 12.6 Å². The van der Waals surface area contributed by atoms with Crippen molar-refractivity contribution in [1.82, 2.24) is 4.90 Å². The van der Waals surface area contributed by atoms with Crippen LogP contribution in [0.15, 0.2) is 23.1 Å².